The van der Waals surface area contributed by atoms with Gasteiger partial charge in [0, 0.05) is 13.0 Å². The van der Waals surface area contributed by atoms with E-state index in [9.17, 15) is 4.79 Å². The second-order valence-corrected chi connectivity index (χ2v) is 6.10. The monoisotopic (exact) mass is 259 g/mol. The predicted molar refractivity (Wildman–Crippen MR) is 73.7 cm³/mol. The second kappa shape index (κ2) is 7.74. The molecule has 0 atom stereocenters. The van der Waals surface area contributed by atoms with Crippen LogP contribution in [-0.2, 0) is 14.3 Å². The Labute approximate surface area is 111 Å². The number of hydrogen-bond acceptors (Lipinski definition) is 3. The fourth-order valence-electron chi connectivity index (χ4n) is 1.34. The molecule has 0 saturated carbocycles. The van der Waals surface area contributed by atoms with Crippen LogP contribution in [0.15, 0.2) is 0 Å². The second-order valence-electron chi connectivity index (χ2n) is 6.10. The van der Waals surface area contributed by atoms with Crippen LogP contribution in [0.4, 0.5) is 0 Å². The van der Waals surface area contributed by atoms with Gasteiger partial charge in [-0.05, 0) is 41.0 Å². The van der Waals surface area contributed by atoms with E-state index in [-0.39, 0.29) is 17.1 Å². The summed E-state index contributed by atoms with van der Waals surface area (Å²) in [4.78, 5) is 11.4. The normalized spacial score (nSPS) is 12.6. The van der Waals surface area contributed by atoms with Crippen LogP contribution in [0.2, 0.25) is 0 Å². The number of nitrogens with one attached hydrogen (secondary N) is 1. The molecule has 0 aliphatic rings. The molecule has 0 radical (unpaired) electrons. The molecule has 4 nitrogen and oxygen atoms in total. The number of ether oxygens (including phenoxy) is 2. The third-order valence-corrected chi connectivity index (χ3v) is 2.30. The number of carbonyl (C=O) groups is 1. The van der Waals surface area contributed by atoms with E-state index >= 15 is 0 Å². The Morgan fingerprint density at radius 2 is 1.61 bits per heavy atom. The van der Waals surface area contributed by atoms with Crippen molar-refractivity contribution < 1.29 is 14.3 Å². The minimum atomic E-state index is -0.357. The zero-order valence-electron chi connectivity index (χ0n) is 12.8. The van der Waals surface area contributed by atoms with Gasteiger partial charge in [-0.3, -0.25) is 4.79 Å². The van der Waals surface area contributed by atoms with Crippen LogP contribution >= 0.6 is 0 Å². The van der Waals surface area contributed by atoms with Crippen molar-refractivity contribution in [2.45, 2.75) is 65.6 Å². The molecule has 18 heavy (non-hydrogen) atoms. The van der Waals surface area contributed by atoms with Gasteiger partial charge in [0.15, 0.2) is 0 Å². The van der Waals surface area contributed by atoms with Gasteiger partial charge in [-0.1, -0.05) is 6.92 Å². The minimum absolute atomic E-state index is 0.0834. The van der Waals surface area contributed by atoms with Crippen molar-refractivity contribution >= 4 is 5.91 Å². The third kappa shape index (κ3) is 10.5. The first-order chi connectivity index (χ1) is 8.16. The van der Waals surface area contributed by atoms with E-state index in [2.05, 4.69) is 5.32 Å². The Bertz CT molecular complexity index is 244. The van der Waals surface area contributed by atoms with Gasteiger partial charge in [0.05, 0.1) is 24.4 Å². The maximum absolute atomic E-state index is 11.4. The van der Waals surface area contributed by atoms with Gasteiger partial charge < -0.3 is 14.8 Å². The molecule has 0 aliphatic heterocycles. The van der Waals surface area contributed by atoms with Gasteiger partial charge in [0.1, 0.15) is 0 Å². The van der Waals surface area contributed by atoms with Gasteiger partial charge >= 0.3 is 0 Å². The number of amides is 1. The van der Waals surface area contributed by atoms with Crippen molar-refractivity contribution in [3.05, 3.63) is 0 Å². The van der Waals surface area contributed by atoms with E-state index in [0.29, 0.717) is 26.2 Å². The molecule has 0 aromatic carbocycles. The van der Waals surface area contributed by atoms with Gasteiger partial charge in [0.25, 0.3) is 0 Å². The minimum Gasteiger partial charge on any atom is -0.373 e. The van der Waals surface area contributed by atoms with Crippen LogP contribution in [0.25, 0.3) is 0 Å². The zero-order chi connectivity index (χ0) is 14.2. The molecule has 1 amide bonds. The fraction of sp³-hybridized carbons (Fsp3) is 0.929. The average Bonchev–Trinajstić information content (AvgIpc) is 2.21. The van der Waals surface area contributed by atoms with Crippen LogP contribution in [0.3, 0.4) is 0 Å². The Hall–Kier alpha value is -0.610. The third-order valence-electron chi connectivity index (χ3n) is 2.30. The summed E-state index contributed by atoms with van der Waals surface area (Å²) in [6.45, 7) is 13.6. The highest BCUT2D eigenvalue weighted by molar-refractivity contribution is 5.75. The molecule has 0 aromatic heterocycles. The lowest BCUT2D eigenvalue weighted by molar-refractivity contribution is -0.123. The summed E-state index contributed by atoms with van der Waals surface area (Å²) in [6.07, 6.45) is 1.44. The van der Waals surface area contributed by atoms with Crippen molar-refractivity contribution in [2.24, 2.45) is 0 Å². The van der Waals surface area contributed by atoms with Gasteiger partial charge in [-0.25, -0.2) is 0 Å². The van der Waals surface area contributed by atoms with E-state index in [1.165, 1.54) is 0 Å². The Morgan fingerprint density at radius 3 is 2.11 bits per heavy atom. The van der Waals surface area contributed by atoms with Crippen LogP contribution in [-0.4, -0.2) is 36.9 Å². The molecule has 0 aromatic rings. The summed E-state index contributed by atoms with van der Waals surface area (Å²) in [7, 11) is 0. The van der Waals surface area contributed by atoms with Gasteiger partial charge in [-0.2, -0.15) is 0 Å². The molecule has 0 fully saturated rings. The van der Waals surface area contributed by atoms with Gasteiger partial charge in [-0.15, -0.1) is 0 Å². The average molecular weight is 259 g/mol. The summed E-state index contributed by atoms with van der Waals surface area (Å²) >= 11 is 0. The Kier molecular flexibility index (Phi) is 7.48. The lowest BCUT2D eigenvalue weighted by Crippen LogP contribution is -2.41. The van der Waals surface area contributed by atoms with Crippen molar-refractivity contribution in [1.29, 1.82) is 0 Å². The summed E-state index contributed by atoms with van der Waals surface area (Å²) in [6, 6.07) is 0. The summed E-state index contributed by atoms with van der Waals surface area (Å²) in [5.74, 6) is 0.0834. The van der Waals surface area contributed by atoms with Crippen LogP contribution < -0.4 is 5.32 Å². The van der Waals surface area contributed by atoms with Crippen molar-refractivity contribution in [3.63, 3.8) is 0 Å². The molecular formula is C14H29NO3. The molecule has 0 aliphatic carbocycles. The molecule has 0 heterocycles. The standard InChI is InChI=1S/C14H29NO3/c1-7-8-12(16)15-11-14(5,6)18-10-9-17-13(2,3)4/h7-11H2,1-6H3,(H,15,16). The smallest absolute Gasteiger partial charge is 0.220 e. The molecule has 0 saturated heterocycles. The van der Waals surface area contributed by atoms with E-state index in [1.807, 2.05) is 41.5 Å². The first-order valence-corrected chi connectivity index (χ1v) is 6.71. The number of carbonyl (C=O) groups excluding carboxylic acids is 1. The maximum atomic E-state index is 11.4. The molecule has 0 bridgehead atoms. The van der Waals surface area contributed by atoms with Crippen molar-refractivity contribution in [3.8, 4) is 0 Å². The van der Waals surface area contributed by atoms with E-state index in [0.717, 1.165) is 6.42 Å². The first-order valence-electron chi connectivity index (χ1n) is 6.71. The van der Waals surface area contributed by atoms with E-state index < -0.39 is 0 Å². The molecule has 108 valence electrons. The largest absolute Gasteiger partial charge is 0.373 e. The Balaban J connectivity index is 3.76. The SMILES string of the molecule is CCCC(=O)NCC(C)(C)OCCOC(C)(C)C. The topological polar surface area (TPSA) is 47.6 Å². The fourth-order valence-corrected chi connectivity index (χ4v) is 1.34. The maximum Gasteiger partial charge on any atom is 0.220 e. The van der Waals surface area contributed by atoms with Gasteiger partial charge in [0.2, 0.25) is 5.91 Å². The molecule has 1 N–H and O–H groups in total. The summed E-state index contributed by atoms with van der Waals surface area (Å²) in [5, 5.41) is 2.88. The van der Waals surface area contributed by atoms with Crippen LogP contribution in [0.5, 0.6) is 0 Å². The highest BCUT2D eigenvalue weighted by Gasteiger charge is 2.19. The van der Waals surface area contributed by atoms with Crippen molar-refractivity contribution in [1.82, 2.24) is 5.32 Å². The molecule has 4 heteroatoms. The lowest BCUT2D eigenvalue weighted by atomic mass is 10.1. The highest BCUT2D eigenvalue weighted by atomic mass is 16.5. The molecule has 0 spiro atoms. The zero-order valence-corrected chi connectivity index (χ0v) is 12.8. The number of rotatable bonds is 8. The predicted octanol–water partition coefficient (Wildman–Crippen LogP) is 2.51. The van der Waals surface area contributed by atoms with Crippen LogP contribution in [0, 0.1) is 0 Å². The lowest BCUT2D eigenvalue weighted by Gasteiger charge is -2.27. The molecule has 0 unspecified atom stereocenters. The Morgan fingerprint density at radius 1 is 1.06 bits per heavy atom. The van der Waals surface area contributed by atoms with Crippen molar-refractivity contribution in [2.75, 3.05) is 19.8 Å². The summed E-state index contributed by atoms with van der Waals surface area (Å²) < 4.78 is 11.3. The first kappa shape index (κ1) is 17.4. The quantitative estimate of drug-likeness (QED) is 0.681. The van der Waals surface area contributed by atoms with E-state index in [4.69, 9.17) is 9.47 Å². The highest BCUT2D eigenvalue weighted by Crippen LogP contribution is 2.10. The molecule has 0 rings (SSSR count). The molecular weight excluding hydrogens is 230 g/mol. The summed E-state index contributed by atoms with van der Waals surface area (Å²) in [5.41, 5.74) is -0.493. The van der Waals surface area contributed by atoms with Crippen LogP contribution in [0.1, 0.15) is 54.4 Å². The van der Waals surface area contributed by atoms with E-state index in [1.54, 1.807) is 0 Å². The number of hydrogen-bond donors (Lipinski definition) is 1.